The van der Waals surface area contributed by atoms with E-state index in [1.165, 1.54) is 45.7 Å². The molecule has 0 saturated carbocycles. The van der Waals surface area contributed by atoms with Crippen molar-refractivity contribution in [3.05, 3.63) is 0 Å². The molecule has 0 spiro atoms. The minimum absolute atomic E-state index is 0.0543. The van der Waals surface area contributed by atoms with Crippen molar-refractivity contribution in [3.8, 4) is 0 Å². The van der Waals surface area contributed by atoms with E-state index in [1.54, 1.807) is 0 Å². The van der Waals surface area contributed by atoms with Gasteiger partial charge in [-0.15, -0.1) is 0 Å². The fourth-order valence-corrected chi connectivity index (χ4v) is 3.00. The lowest BCUT2D eigenvalue weighted by Gasteiger charge is -2.36. The van der Waals surface area contributed by atoms with Gasteiger partial charge in [-0.1, -0.05) is 20.8 Å². The maximum Gasteiger partial charge on any atom is 0.0613 e. The first-order valence-corrected chi connectivity index (χ1v) is 8.50. The molecule has 0 bridgehead atoms. The highest BCUT2D eigenvalue weighted by atomic mass is 16.3. The number of nitrogens with one attached hydrogen (secondary N) is 1. The summed E-state index contributed by atoms with van der Waals surface area (Å²) in [5, 5.41) is 13.3. The van der Waals surface area contributed by atoms with E-state index in [0.717, 1.165) is 25.8 Å². The SMILES string of the molecule is CCCNC(CC)(CO)CCCN1CCN(CC)CC1. The summed E-state index contributed by atoms with van der Waals surface area (Å²) in [7, 11) is 0. The van der Waals surface area contributed by atoms with Crippen LogP contribution in [0.15, 0.2) is 0 Å². The Morgan fingerprint density at radius 2 is 1.70 bits per heavy atom. The van der Waals surface area contributed by atoms with Gasteiger partial charge in [0.1, 0.15) is 0 Å². The highest BCUT2D eigenvalue weighted by molar-refractivity contribution is 4.86. The van der Waals surface area contributed by atoms with Crippen LogP contribution in [0.5, 0.6) is 0 Å². The van der Waals surface area contributed by atoms with Crippen molar-refractivity contribution in [2.75, 3.05) is 52.4 Å². The van der Waals surface area contributed by atoms with Crippen molar-refractivity contribution >= 4 is 0 Å². The third-order valence-electron chi connectivity index (χ3n) is 4.77. The molecule has 4 heteroatoms. The van der Waals surface area contributed by atoms with Gasteiger partial charge < -0.3 is 20.2 Å². The van der Waals surface area contributed by atoms with Crippen molar-refractivity contribution in [2.45, 2.75) is 52.0 Å². The largest absolute Gasteiger partial charge is 0.394 e. The first-order valence-electron chi connectivity index (χ1n) is 8.50. The maximum absolute atomic E-state index is 9.72. The monoisotopic (exact) mass is 285 g/mol. The lowest BCUT2D eigenvalue weighted by Crippen LogP contribution is -2.50. The minimum Gasteiger partial charge on any atom is -0.394 e. The molecular formula is C16H35N3O. The van der Waals surface area contributed by atoms with Gasteiger partial charge in [0.05, 0.1) is 6.61 Å². The predicted molar refractivity (Wildman–Crippen MR) is 86.2 cm³/mol. The maximum atomic E-state index is 9.72. The van der Waals surface area contributed by atoms with Gasteiger partial charge in [0.2, 0.25) is 0 Å². The fraction of sp³-hybridized carbons (Fsp3) is 1.00. The van der Waals surface area contributed by atoms with Gasteiger partial charge in [-0.25, -0.2) is 0 Å². The second kappa shape index (κ2) is 9.72. The van der Waals surface area contributed by atoms with Crippen LogP contribution in [0.2, 0.25) is 0 Å². The normalized spacial score (nSPS) is 21.0. The van der Waals surface area contributed by atoms with Crippen molar-refractivity contribution in [1.82, 2.24) is 15.1 Å². The zero-order valence-electron chi connectivity index (χ0n) is 13.8. The van der Waals surface area contributed by atoms with Crippen LogP contribution in [0.25, 0.3) is 0 Å². The Morgan fingerprint density at radius 3 is 2.20 bits per heavy atom. The smallest absolute Gasteiger partial charge is 0.0613 e. The second-order valence-electron chi connectivity index (χ2n) is 6.10. The summed E-state index contributed by atoms with van der Waals surface area (Å²) >= 11 is 0. The lowest BCUT2D eigenvalue weighted by molar-refractivity contribution is 0.117. The Morgan fingerprint density at radius 1 is 1.05 bits per heavy atom. The standard InChI is InChI=1S/C16H35N3O/c1-4-9-17-16(5-2,15-20)8-7-10-19-13-11-18(6-3)12-14-19/h17,20H,4-15H2,1-3H3. The molecule has 4 nitrogen and oxygen atoms in total. The molecule has 1 rings (SSSR count). The first-order chi connectivity index (χ1) is 9.69. The third-order valence-corrected chi connectivity index (χ3v) is 4.77. The molecule has 1 aliphatic heterocycles. The van der Waals surface area contributed by atoms with Crippen LogP contribution in [0, 0.1) is 0 Å². The molecule has 120 valence electrons. The molecule has 0 aromatic carbocycles. The van der Waals surface area contributed by atoms with Crippen LogP contribution in [-0.2, 0) is 0 Å². The van der Waals surface area contributed by atoms with E-state index in [1.807, 2.05) is 0 Å². The molecule has 2 N–H and O–H groups in total. The number of piperazine rings is 1. The van der Waals surface area contributed by atoms with Gasteiger partial charge in [-0.3, -0.25) is 0 Å². The number of hydrogen-bond donors (Lipinski definition) is 2. The topological polar surface area (TPSA) is 38.7 Å². The Kier molecular flexibility index (Phi) is 8.69. The number of aliphatic hydroxyl groups is 1. The molecular weight excluding hydrogens is 250 g/mol. The van der Waals surface area contributed by atoms with Crippen molar-refractivity contribution < 1.29 is 5.11 Å². The van der Waals surface area contributed by atoms with Crippen LogP contribution in [0.4, 0.5) is 0 Å². The lowest BCUT2D eigenvalue weighted by atomic mass is 9.91. The molecule has 1 unspecified atom stereocenters. The Bertz CT molecular complexity index is 236. The summed E-state index contributed by atoms with van der Waals surface area (Å²) in [6, 6.07) is 0. The van der Waals surface area contributed by atoms with Crippen LogP contribution in [-0.4, -0.2) is 72.9 Å². The summed E-state index contributed by atoms with van der Waals surface area (Å²) in [4.78, 5) is 5.09. The molecule has 0 radical (unpaired) electrons. The number of nitrogens with zero attached hydrogens (tertiary/aromatic N) is 2. The summed E-state index contributed by atoms with van der Waals surface area (Å²) in [5.74, 6) is 0. The molecule has 1 atom stereocenters. The number of hydrogen-bond acceptors (Lipinski definition) is 4. The van der Waals surface area contributed by atoms with Crippen molar-refractivity contribution in [3.63, 3.8) is 0 Å². The molecule has 1 heterocycles. The first kappa shape index (κ1) is 17.9. The van der Waals surface area contributed by atoms with Gasteiger partial charge in [0.25, 0.3) is 0 Å². The van der Waals surface area contributed by atoms with E-state index in [4.69, 9.17) is 0 Å². The number of rotatable bonds is 10. The minimum atomic E-state index is -0.0543. The second-order valence-corrected chi connectivity index (χ2v) is 6.10. The number of likely N-dealkylation sites (N-methyl/N-ethyl adjacent to an activating group) is 1. The summed E-state index contributed by atoms with van der Waals surface area (Å²) in [6.07, 6.45) is 4.39. The average molecular weight is 285 g/mol. The van der Waals surface area contributed by atoms with E-state index in [-0.39, 0.29) is 12.1 Å². The average Bonchev–Trinajstić information content (AvgIpc) is 2.51. The Balaban J connectivity index is 2.26. The molecule has 1 saturated heterocycles. The van der Waals surface area contributed by atoms with Gasteiger partial charge in [-0.2, -0.15) is 0 Å². The highest BCUT2D eigenvalue weighted by Crippen LogP contribution is 2.17. The van der Waals surface area contributed by atoms with E-state index < -0.39 is 0 Å². The Hall–Kier alpha value is -0.160. The molecule has 0 aromatic heterocycles. The van der Waals surface area contributed by atoms with E-state index in [2.05, 4.69) is 35.9 Å². The van der Waals surface area contributed by atoms with Gasteiger partial charge in [0.15, 0.2) is 0 Å². The van der Waals surface area contributed by atoms with E-state index in [0.29, 0.717) is 0 Å². The zero-order chi connectivity index (χ0) is 14.8. The van der Waals surface area contributed by atoms with E-state index in [9.17, 15) is 5.11 Å². The number of aliphatic hydroxyl groups excluding tert-OH is 1. The van der Waals surface area contributed by atoms with Crippen LogP contribution < -0.4 is 5.32 Å². The van der Waals surface area contributed by atoms with Gasteiger partial charge in [-0.05, 0) is 45.3 Å². The molecule has 0 aliphatic carbocycles. The summed E-state index contributed by atoms with van der Waals surface area (Å²) in [6.45, 7) is 15.0. The van der Waals surface area contributed by atoms with Crippen molar-refractivity contribution in [2.24, 2.45) is 0 Å². The molecule has 0 amide bonds. The molecule has 20 heavy (non-hydrogen) atoms. The quantitative estimate of drug-likeness (QED) is 0.639. The van der Waals surface area contributed by atoms with E-state index >= 15 is 0 Å². The predicted octanol–water partition coefficient (Wildman–Crippen LogP) is 1.54. The summed E-state index contributed by atoms with van der Waals surface area (Å²) in [5.41, 5.74) is -0.0543. The third kappa shape index (κ3) is 5.68. The molecule has 1 fully saturated rings. The Labute approximate surface area is 125 Å². The molecule has 1 aliphatic rings. The van der Waals surface area contributed by atoms with Crippen LogP contribution in [0.3, 0.4) is 0 Å². The zero-order valence-corrected chi connectivity index (χ0v) is 13.8. The highest BCUT2D eigenvalue weighted by Gasteiger charge is 2.26. The van der Waals surface area contributed by atoms with Gasteiger partial charge in [0, 0.05) is 31.7 Å². The summed E-state index contributed by atoms with van der Waals surface area (Å²) < 4.78 is 0. The van der Waals surface area contributed by atoms with Crippen LogP contribution in [0.1, 0.15) is 46.5 Å². The van der Waals surface area contributed by atoms with Crippen LogP contribution >= 0.6 is 0 Å². The van der Waals surface area contributed by atoms with Crippen molar-refractivity contribution in [1.29, 1.82) is 0 Å². The fourth-order valence-electron chi connectivity index (χ4n) is 3.00. The molecule has 0 aromatic rings. The van der Waals surface area contributed by atoms with Gasteiger partial charge >= 0.3 is 0 Å².